The maximum Gasteiger partial charge on any atom is 0.243 e. The SMILES string of the molecule is CCOc1ccc(S(=O)(=O)N(CC)CC)cc1NC(=O)CCc1ccc(F)cc1. The van der Waals surface area contributed by atoms with E-state index in [9.17, 15) is 17.6 Å². The maximum atomic E-state index is 13.0. The van der Waals surface area contributed by atoms with Crippen molar-refractivity contribution in [1.29, 1.82) is 0 Å². The van der Waals surface area contributed by atoms with E-state index in [2.05, 4.69) is 5.32 Å². The number of sulfonamides is 1. The molecule has 2 aromatic carbocycles. The second kappa shape index (κ2) is 10.4. The van der Waals surface area contributed by atoms with Gasteiger partial charge in [0.2, 0.25) is 15.9 Å². The van der Waals surface area contributed by atoms with Gasteiger partial charge in [0.25, 0.3) is 0 Å². The van der Waals surface area contributed by atoms with Crippen LogP contribution in [0.3, 0.4) is 0 Å². The molecule has 0 saturated heterocycles. The number of halogens is 1. The molecule has 158 valence electrons. The van der Waals surface area contributed by atoms with E-state index in [0.717, 1.165) is 5.56 Å². The third kappa shape index (κ3) is 6.01. The molecule has 0 heterocycles. The van der Waals surface area contributed by atoms with Crippen LogP contribution in [0.5, 0.6) is 5.75 Å². The molecular weight excluding hydrogens is 395 g/mol. The summed E-state index contributed by atoms with van der Waals surface area (Å²) in [4.78, 5) is 12.5. The number of hydrogen-bond acceptors (Lipinski definition) is 4. The van der Waals surface area contributed by atoms with Crippen molar-refractivity contribution in [1.82, 2.24) is 4.31 Å². The van der Waals surface area contributed by atoms with E-state index in [4.69, 9.17) is 4.74 Å². The van der Waals surface area contributed by atoms with Crippen LogP contribution in [-0.2, 0) is 21.2 Å². The van der Waals surface area contributed by atoms with E-state index in [1.807, 2.05) is 0 Å². The standard InChI is InChI=1S/C21H27FN2O4S/c1-4-24(5-2)29(26,27)18-12-13-20(28-6-3)19(15-18)23-21(25)14-9-16-7-10-17(22)11-8-16/h7-8,10-13,15H,4-6,9,14H2,1-3H3,(H,23,25). The first-order valence-electron chi connectivity index (χ1n) is 9.63. The molecule has 6 nitrogen and oxygen atoms in total. The molecule has 0 aromatic heterocycles. The van der Waals surface area contributed by atoms with Crippen molar-refractivity contribution in [2.45, 2.75) is 38.5 Å². The van der Waals surface area contributed by atoms with Gasteiger partial charge in [0.15, 0.2) is 0 Å². The minimum atomic E-state index is -3.66. The molecule has 29 heavy (non-hydrogen) atoms. The number of benzene rings is 2. The topological polar surface area (TPSA) is 75.7 Å². The molecule has 0 spiro atoms. The molecule has 2 aromatic rings. The fraction of sp³-hybridized carbons (Fsp3) is 0.381. The van der Waals surface area contributed by atoms with E-state index in [1.54, 1.807) is 39.0 Å². The van der Waals surface area contributed by atoms with Gasteiger partial charge in [0.05, 0.1) is 17.2 Å². The molecule has 8 heteroatoms. The minimum Gasteiger partial charge on any atom is -0.492 e. The first-order valence-corrected chi connectivity index (χ1v) is 11.1. The summed E-state index contributed by atoms with van der Waals surface area (Å²) in [7, 11) is -3.66. The van der Waals surface area contributed by atoms with Crippen molar-refractivity contribution in [2.24, 2.45) is 0 Å². The number of nitrogens with zero attached hydrogens (tertiary/aromatic N) is 1. The van der Waals surface area contributed by atoms with Gasteiger partial charge in [0, 0.05) is 19.5 Å². The van der Waals surface area contributed by atoms with E-state index >= 15 is 0 Å². The Morgan fingerprint density at radius 2 is 1.72 bits per heavy atom. The molecule has 2 rings (SSSR count). The lowest BCUT2D eigenvalue weighted by molar-refractivity contribution is -0.116. The van der Waals surface area contributed by atoms with Gasteiger partial charge < -0.3 is 10.1 Å². The van der Waals surface area contributed by atoms with Gasteiger partial charge in [-0.2, -0.15) is 4.31 Å². The van der Waals surface area contributed by atoms with Crippen LogP contribution in [0.15, 0.2) is 47.4 Å². The van der Waals surface area contributed by atoms with Gasteiger partial charge in [-0.05, 0) is 49.2 Å². The molecule has 0 unspecified atom stereocenters. The van der Waals surface area contributed by atoms with Gasteiger partial charge in [0.1, 0.15) is 11.6 Å². The molecule has 1 N–H and O–H groups in total. The predicted molar refractivity (Wildman–Crippen MR) is 111 cm³/mol. The number of carbonyl (C=O) groups is 1. The summed E-state index contributed by atoms with van der Waals surface area (Å²) in [5, 5.41) is 2.74. The first-order chi connectivity index (χ1) is 13.8. The Morgan fingerprint density at radius 3 is 2.31 bits per heavy atom. The van der Waals surface area contributed by atoms with Crippen molar-refractivity contribution in [2.75, 3.05) is 25.0 Å². The first kappa shape index (κ1) is 22.8. The maximum absolute atomic E-state index is 13.0. The van der Waals surface area contributed by atoms with Crippen molar-refractivity contribution in [3.05, 3.63) is 53.8 Å². The summed E-state index contributed by atoms with van der Waals surface area (Å²) in [6.45, 7) is 6.43. The second-order valence-corrected chi connectivity index (χ2v) is 8.29. The Kier molecular flexibility index (Phi) is 8.16. The molecular formula is C21H27FN2O4S. The lowest BCUT2D eigenvalue weighted by Crippen LogP contribution is -2.30. The fourth-order valence-corrected chi connectivity index (χ4v) is 4.37. The average Bonchev–Trinajstić information content (AvgIpc) is 2.69. The smallest absolute Gasteiger partial charge is 0.243 e. The highest BCUT2D eigenvalue weighted by atomic mass is 32.2. The van der Waals surface area contributed by atoms with Gasteiger partial charge in [-0.15, -0.1) is 0 Å². The van der Waals surface area contributed by atoms with Crippen LogP contribution in [0.1, 0.15) is 32.8 Å². The summed E-state index contributed by atoms with van der Waals surface area (Å²) in [5.74, 6) is -0.209. The number of rotatable bonds is 10. The van der Waals surface area contributed by atoms with E-state index in [1.165, 1.54) is 28.6 Å². The predicted octanol–water partition coefficient (Wildman–Crippen LogP) is 3.83. The summed E-state index contributed by atoms with van der Waals surface area (Å²) in [5.41, 5.74) is 1.15. The monoisotopic (exact) mass is 422 g/mol. The lowest BCUT2D eigenvalue weighted by Gasteiger charge is -2.20. The number of carbonyl (C=O) groups excluding carboxylic acids is 1. The summed E-state index contributed by atoms with van der Waals surface area (Å²) in [6, 6.07) is 10.4. The van der Waals surface area contributed by atoms with Gasteiger partial charge in [-0.3, -0.25) is 4.79 Å². The van der Waals surface area contributed by atoms with Crippen molar-refractivity contribution < 1.29 is 22.3 Å². The molecule has 1 amide bonds. The third-order valence-electron chi connectivity index (χ3n) is 4.42. The number of anilines is 1. The zero-order valence-corrected chi connectivity index (χ0v) is 17.8. The Bertz CT molecular complexity index is 926. The quantitative estimate of drug-likeness (QED) is 0.631. The van der Waals surface area contributed by atoms with Gasteiger partial charge in [-0.1, -0.05) is 26.0 Å². The Labute approximate surface area is 171 Å². The largest absolute Gasteiger partial charge is 0.492 e. The van der Waals surface area contributed by atoms with E-state index in [0.29, 0.717) is 37.6 Å². The molecule has 0 radical (unpaired) electrons. The summed E-state index contributed by atoms with van der Waals surface area (Å²) in [6.07, 6.45) is 0.609. The van der Waals surface area contributed by atoms with Crippen LogP contribution in [0.4, 0.5) is 10.1 Å². The summed E-state index contributed by atoms with van der Waals surface area (Å²) < 4.78 is 45.4. The van der Waals surface area contributed by atoms with Crippen molar-refractivity contribution in [3.63, 3.8) is 0 Å². The molecule has 0 fully saturated rings. The van der Waals surface area contributed by atoms with Gasteiger partial charge in [-0.25, -0.2) is 12.8 Å². The third-order valence-corrected chi connectivity index (χ3v) is 6.47. The number of ether oxygens (including phenoxy) is 1. The van der Waals surface area contributed by atoms with E-state index < -0.39 is 10.0 Å². The molecule has 0 aliphatic carbocycles. The van der Waals surface area contributed by atoms with Crippen LogP contribution in [0, 0.1) is 5.82 Å². The zero-order chi connectivity index (χ0) is 21.4. The molecule has 0 aliphatic heterocycles. The fourth-order valence-electron chi connectivity index (χ4n) is 2.88. The highest BCUT2D eigenvalue weighted by molar-refractivity contribution is 7.89. The van der Waals surface area contributed by atoms with Gasteiger partial charge >= 0.3 is 0 Å². The Balaban J connectivity index is 2.20. The average molecular weight is 423 g/mol. The minimum absolute atomic E-state index is 0.0958. The van der Waals surface area contributed by atoms with Crippen LogP contribution in [0.2, 0.25) is 0 Å². The van der Waals surface area contributed by atoms with Crippen LogP contribution in [-0.4, -0.2) is 38.3 Å². The van der Waals surface area contributed by atoms with E-state index in [-0.39, 0.29) is 23.0 Å². The highest BCUT2D eigenvalue weighted by Crippen LogP contribution is 2.29. The Morgan fingerprint density at radius 1 is 1.07 bits per heavy atom. The Hall–Kier alpha value is -2.45. The van der Waals surface area contributed by atoms with Crippen molar-refractivity contribution in [3.8, 4) is 5.75 Å². The second-order valence-electron chi connectivity index (χ2n) is 6.35. The highest BCUT2D eigenvalue weighted by Gasteiger charge is 2.23. The number of hydrogen-bond donors (Lipinski definition) is 1. The zero-order valence-electron chi connectivity index (χ0n) is 16.9. The van der Waals surface area contributed by atoms with Crippen LogP contribution < -0.4 is 10.1 Å². The van der Waals surface area contributed by atoms with Crippen LogP contribution in [0.25, 0.3) is 0 Å². The normalized spacial score (nSPS) is 11.5. The number of aryl methyl sites for hydroxylation is 1. The number of amides is 1. The molecule has 0 saturated carbocycles. The van der Waals surface area contributed by atoms with Crippen LogP contribution >= 0.6 is 0 Å². The molecule has 0 bridgehead atoms. The molecule has 0 aliphatic rings. The lowest BCUT2D eigenvalue weighted by atomic mass is 10.1. The molecule has 0 atom stereocenters. The number of nitrogens with one attached hydrogen (secondary N) is 1. The summed E-state index contributed by atoms with van der Waals surface area (Å²) >= 11 is 0. The van der Waals surface area contributed by atoms with Crippen molar-refractivity contribution >= 4 is 21.6 Å².